The molecule has 1 rings (SSSR count). The number of aromatic nitrogens is 1. The smallest absolute Gasteiger partial charge is 0.0671 e. The van der Waals surface area contributed by atoms with E-state index in [1.54, 1.807) is 0 Å². The van der Waals surface area contributed by atoms with Gasteiger partial charge >= 0.3 is 0 Å². The van der Waals surface area contributed by atoms with Gasteiger partial charge in [0.15, 0.2) is 0 Å². The molecule has 2 atom stereocenters. The van der Waals surface area contributed by atoms with Crippen molar-refractivity contribution in [2.75, 3.05) is 25.0 Å². The SMILES string of the molecule is CCNC(C)c1ccc(N(C)CC(C)C#N)cn1. The number of pyridine rings is 1. The lowest BCUT2D eigenvalue weighted by Crippen LogP contribution is -2.24. The van der Waals surface area contributed by atoms with Crippen molar-refractivity contribution in [3.05, 3.63) is 24.0 Å². The summed E-state index contributed by atoms with van der Waals surface area (Å²) >= 11 is 0. The molecule has 4 heteroatoms. The van der Waals surface area contributed by atoms with E-state index in [1.165, 1.54) is 0 Å². The zero-order chi connectivity index (χ0) is 13.5. The minimum absolute atomic E-state index is 0.0235. The molecule has 2 unspecified atom stereocenters. The molecule has 0 saturated heterocycles. The van der Waals surface area contributed by atoms with E-state index >= 15 is 0 Å². The predicted molar refractivity (Wildman–Crippen MR) is 74.4 cm³/mol. The van der Waals surface area contributed by atoms with Gasteiger partial charge in [0.2, 0.25) is 0 Å². The average molecular weight is 246 g/mol. The van der Waals surface area contributed by atoms with E-state index in [2.05, 4.69) is 41.2 Å². The number of hydrogen-bond donors (Lipinski definition) is 1. The molecule has 1 aromatic rings. The summed E-state index contributed by atoms with van der Waals surface area (Å²) in [6.07, 6.45) is 1.87. The summed E-state index contributed by atoms with van der Waals surface area (Å²) in [5, 5.41) is 12.1. The Balaban J connectivity index is 2.68. The first-order valence-electron chi connectivity index (χ1n) is 6.38. The minimum atomic E-state index is 0.0235. The van der Waals surface area contributed by atoms with Crippen LogP contribution in [-0.4, -0.2) is 25.1 Å². The number of rotatable bonds is 6. The summed E-state index contributed by atoms with van der Waals surface area (Å²) in [5.41, 5.74) is 2.09. The monoisotopic (exact) mass is 246 g/mol. The maximum atomic E-state index is 8.81. The van der Waals surface area contributed by atoms with Crippen LogP contribution >= 0.6 is 0 Å². The Morgan fingerprint density at radius 2 is 2.17 bits per heavy atom. The molecular formula is C14H22N4. The number of hydrogen-bond acceptors (Lipinski definition) is 4. The lowest BCUT2D eigenvalue weighted by atomic mass is 10.2. The number of nitrogens with zero attached hydrogens (tertiary/aromatic N) is 3. The van der Waals surface area contributed by atoms with Gasteiger partial charge in [-0.1, -0.05) is 6.92 Å². The fourth-order valence-electron chi connectivity index (χ4n) is 1.85. The first kappa shape index (κ1) is 14.5. The van der Waals surface area contributed by atoms with Gasteiger partial charge in [-0.25, -0.2) is 0 Å². The third kappa shape index (κ3) is 4.01. The second kappa shape index (κ2) is 6.97. The summed E-state index contributed by atoms with van der Waals surface area (Å²) in [6, 6.07) is 6.60. The molecule has 0 aliphatic carbocycles. The van der Waals surface area contributed by atoms with Crippen molar-refractivity contribution in [1.82, 2.24) is 10.3 Å². The molecule has 0 aliphatic heterocycles. The zero-order valence-corrected chi connectivity index (χ0v) is 11.6. The molecule has 0 aromatic carbocycles. The van der Waals surface area contributed by atoms with Crippen molar-refractivity contribution in [2.45, 2.75) is 26.8 Å². The first-order chi connectivity index (χ1) is 8.58. The summed E-state index contributed by atoms with van der Waals surface area (Å²) < 4.78 is 0. The Kier molecular flexibility index (Phi) is 5.60. The van der Waals surface area contributed by atoms with Crippen LogP contribution in [0.1, 0.15) is 32.5 Å². The highest BCUT2D eigenvalue weighted by Crippen LogP contribution is 2.16. The van der Waals surface area contributed by atoms with Crippen LogP contribution in [0, 0.1) is 17.2 Å². The van der Waals surface area contributed by atoms with Crippen molar-refractivity contribution in [1.29, 1.82) is 5.26 Å². The first-order valence-corrected chi connectivity index (χ1v) is 6.38. The molecular weight excluding hydrogens is 224 g/mol. The van der Waals surface area contributed by atoms with Crippen LogP contribution < -0.4 is 10.2 Å². The molecule has 0 fully saturated rings. The second-order valence-electron chi connectivity index (χ2n) is 4.63. The topological polar surface area (TPSA) is 52.0 Å². The van der Waals surface area contributed by atoms with Gasteiger partial charge in [0, 0.05) is 19.6 Å². The largest absolute Gasteiger partial charge is 0.372 e. The van der Waals surface area contributed by atoms with Crippen molar-refractivity contribution < 1.29 is 0 Å². The van der Waals surface area contributed by atoms with Crippen LogP contribution in [0.5, 0.6) is 0 Å². The Bertz CT molecular complexity index is 393. The number of anilines is 1. The van der Waals surface area contributed by atoms with E-state index < -0.39 is 0 Å². The molecule has 4 nitrogen and oxygen atoms in total. The summed E-state index contributed by atoms with van der Waals surface area (Å²) in [4.78, 5) is 6.52. The highest BCUT2D eigenvalue weighted by atomic mass is 15.1. The Hall–Kier alpha value is -1.60. The van der Waals surface area contributed by atoms with E-state index in [9.17, 15) is 0 Å². The molecule has 0 radical (unpaired) electrons. The number of nitriles is 1. The fourth-order valence-corrected chi connectivity index (χ4v) is 1.85. The molecule has 1 heterocycles. The molecule has 18 heavy (non-hydrogen) atoms. The van der Waals surface area contributed by atoms with E-state index in [4.69, 9.17) is 5.26 Å². The van der Waals surface area contributed by atoms with Gasteiger partial charge in [0.25, 0.3) is 0 Å². The maximum absolute atomic E-state index is 8.81. The van der Waals surface area contributed by atoms with Crippen molar-refractivity contribution in [3.63, 3.8) is 0 Å². The van der Waals surface area contributed by atoms with Crippen molar-refractivity contribution in [2.24, 2.45) is 5.92 Å². The molecule has 1 aromatic heterocycles. The van der Waals surface area contributed by atoms with Crippen LogP contribution in [0.2, 0.25) is 0 Å². The lowest BCUT2D eigenvalue weighted by molar-refractivity contribution is 0.583. The predicted octanol–water partition coefficient (Wildman–Crippen LogP) is 2.35. The van der Waals surface area contributed by atoms with Crippen LogP contribution in [0.4, 0.5) is 5.69 Å². The zero-order valence-electron chi connectivity index (χ0n) is 11.6. The van der Waals surface area contributed by atoms with Crippen molar-refractivity contribution in [3.8, 4) is 6.07 Å². The van der Waals surface area contributed by atoms with Gasteiger partial charge in [-0.2, -0.15) is 5.26 Å². The number of nitrogens with one attached hydrogen (secondary N) is 1. The van der Waals surface area contributed by atoms with E-state index in [-0.39, 0.29) is 12.0 Å². The van der Waals surface area contributed by atoms with E-state index in [0.29, 0.717) is 0 Å². The van der Waals surface area contributed by atoms with E-state index in [1.807, 2.05) is 26.2 Å². The molecule has 0 aliphatic rings. The standard InChI is InChI=1S/C14H22N4/c1-5-16-12(3)14-7-6-13(9-17-14)18(4)10-11(2)8-15/h6-7,9,11-12,16H,5,10H2,1-4H3. The Morgan fingerprint density at radius 1 is 1.44 bits per heavy atom. The molecule has 0 spiro atoms. The molecule has 0 bridgehead atoms. The third-order valence-electron chi connectivity index (χ3n) is 2.93. The third-order valence-corrected chi connectivity index (χ3v) is 2.93. The molecule has 0 saturated carbocycles. The van der Waals surface area contributed by atoms with Crippen LogP contribution in [-0.2, 0) is 0 Å². The summed E-state index contributed by atoms with van der Waals surface area (Å²) in [6.45, 7) is 7.77. The molecule has 98 valence electrons. The van der Waals surface area contributed by atoms with Gasteiger partial charge in [-0.15, -0.1) is 0 Å². The van der Waals surface area contributed by atoms with E-state index in [0.717, 1.165) is 24.5 Å². The highest BCUT2D eigenvalue weighted by molar-refractivity contribution is 5.44. The quantitative estimate of drug-likeness (QED) is 0.837. The van der Waals surface area contributed by atoms with Crippen molar-refractivity contribution >= 4 is 5.69 Å². The van der Waals surface area contributed by atoms with Crippen LogP contribution in [0.3, 0.4) is 0 Å². The maximum Gasteiger partial charge on any atom is 0.0671 e. The van der Waals surface area contributed by atoms with Gasteiger partial charge < -0.3 is 10.2 Å². The average Bonchev–Trinajstić information content (AvgIpc) is 2.39. The van der Waals surface area contributed by atoms with Gasteiger partial charge in [0.1, 0.15) is 0 Å². The fraction of sp³-hybridized carbons (Fsp3) is 0.571. The Labute approximate surface area is 110 Å². The van der Waals surface area contributed by atoms with Gasteiger partial charge in [-0.05, 0) is 32.5 Å². The minimum Gasteiger partial charge on any atom is -0.372 e. The molecule has 1 N–H and O–H groups in total. The second-order valence-corrected chi connectivity index (χ2v) is 4.63. The lowest BCUT2D eigenvalue weighted by Gasteiger charge is -2.21. The van der Waals surface area contributed by atoms with Crippen LogP contribution in [0.25, 0.3) is 0 Å². The summed E-state index contributed by atoms with van der Waals surface area (Å²) in [5.74, 6) is 0.0235. The normalized spacial score (nSPS) is 13.7. The summed E-state index contributed by atoms with van der Waals surface area (Å²) in [7, 11) is 1.98. The highest BCUT2D eigenvalue weighted by Gasteiger charge is 2.08. The molecule has 0 amide bonds. The van der Waals surface area contributed by atoms with Crippen LogP contribution in [0.15, 0.2) is 18.3 Å². The Morgan fingerprint density at radius 3 is 2.67 bits per heavy atom. The van der Waals surface area contributed by atoms with Gasteiger partial charge in [0.05, 0.1) is 29.6 Å². The van der Waals surface area contributed by atoms with Gasteiger partial charge in [-0.3, -0.25) is 4.98 Å².